The third-order valence-corrected chi connectivity index (χ3v) is 4.15. The van der Waals surface area contributed by atoms with Crippen molar-refractivity contribution in [2.24, 2.45) is 11.8 Å². The third kappa shape index (κ3) is 4.04. The molecule has 82 valence electrons. The van der Waals surface area contributed by atoms with E-state index in [1.165, 1.54) is 12.8 Å². The summed E-state index contributed by atoms with van der Waals surface area (Å²) in [5.41, 5.74) is 0. The van der Waals surface area contributed by atoms with Gasteiger partial charge in [-0.2, -0.15) is 11.8 Å². The fourth-order valence-corrected chi connectivity index (χ4v) is 2.68. The summed E-state index contributed by atoms with van der Waals surface area (Å²) in [4.78, 5) is 11.8. The van der Waals surface area contributed by atoms with Gasteiger partial charge in [-0.15, -0.1) is 0 Å². The minimum atomic E-state index is 0.387. The van der Waals surface area contributed by atoms with Crippen molar-refractivity contribution in [2.75, 3.05) is 5.75 Å². The van der Waals surface area contributed by atoms with E-state index in [0.29, 0.717) is 17.0 Å². The molecule has 0 aromatic rings. The van der Waals surface area contributed by atoms with Crippen molar-refractivity contribution in [3.8, 4) is 0 Å². The largest absolute Gasteiger partial charge is 0.298 e. The Labute approximate surface area is 92.0 Å². The zero-order valence-corrected chi connectivity index (χ0v) is 10.4. The van der Waals surface area contributed by atoms with Crippen LogP contribution < -0.4 is 0 Å². The van der Waals surface area contributed by atoms with Crippen LogP contribution in [0.25, 0.3) is 0 Å². The van der Waals surface area contributed by atoms with Gasteiger partial charge in [0.05, 0.1) is 5.75 Å². The number of thioether (sulfide) groups is 1. The first-order chi connectivity index (χ1) is 6.59. The van der Waals surface area contributed by atoms with Gasteiger partial charge in [-0.05, 0) is 24.0 Å². The molecule has 1 aliphatic rings. The first-order valence-corrected chi connectivity index (χ1v) is 6.78. The molecule has 0 N–H and O–H groups in total. The summed E-state index contributed by atoms with van der Waals surface area (Å²) in [6.45, 7) is 6.60. The van der Waals surface area contributed by atoms with Crippen LogP contribution in [0, 0.1) is 11.8 Å². The highest BCUT2D eigenvalue weighted by Gasteiger charge is 2.23. The van der Waals surface area contributed by atoms with Crippen LogP contribution in [0.4, 0.5) is 0 Å². The molecule has 2 heteroatoms. The van der Waals surface area contributed by atoms with Crippen molar-refractivity contribution in [2.45, 2.75) is 51.7 Å². The molecule has 1 nitrogen and oxygen atoms in total. The first-order valence-electron chi connectivity index (χ1n) is 5.74. The van der Waals surface area contributed by atoms with E-state index in [0.717, 1.165) is 24.5 Å². The molecule has 0 saturated heterocycles. The molecule has 0 radical (unpaired) electrons. The average Bonchev–Trinajstić information content (AvgIpc) is 2.15. The Balaban J connectivity index is 2.24. The average molecular weight is 214 g/mol. The molecular weight excluding hydrogens is 192 g/mol. The molecule has 14 heavy (non-hydrogen) atoms. The van der Waals surface area contributed by atoms with Crippen LogP contribution in [0.3, 0.4) is 0 Å². The van der Waals surface area contributed by atoms with Crippen molar-refractivity contribution >= 4 is 17.5 Å². The molecule has 0 heterocycles. The van der Waals surface area contributed by atoms with Gasteiger partial charge < -0.3 is 0 Å². The van der Waals surface area contributed by atoms with E-state index in [2.05, 4.69) is 20.8 Å². The Kier molecular flexibility index (Phi) is 5.00. The summed E-state index contributed by atoms with van der Waals surface area (Å²) in [5.74, 6) is 2.46. The molecular formula is C12H22OS. The smallest absolute Gasteiger partial charge is 0.145 e. The van der Waals surface area contributed by atoms with Crippen molar-refractivity contribution in [1.29, 1.82) is 0 Å². The monoisotopic (exact) mass is 214 g/mol. The number of hydrogen-bond acceptors (Lipinski definition) is 2. The molecule has 0 aromatic carbocycles. The van der Waals surface area contributed by atoms with E-state index in [4.69, 9.17) is 0 Å². The zero-order chi connectivity index (χ0) is 10.6. The van der Waals surface area contributed by atoms with Gasteiger partial charge in [-0.1, -0.05) is 33.6 Å². The summed E-state index contributed by atoms with van der Waals surface area (Å²) in [5, 5.41) is 0.585. The van der Waals surface area contributed by atoms with Crippen LogP contribution in [0.5, 0.6) is 0 Å². The lowest BCUT2D eigenvalue weighted by Gasteiger charge is -2.25. The third-order valence-electron chi connectivity index (χ3n) is 3.03. The zero-order valence-electron chi connectivity index (χ0n) is 9.58. The van der Waals surface area contributed by atoms with Gasteiger partial charge >= 0.3 is 0 Å². The number of carbonyl (C=O) groups is 1. The van der Waals surface area contributed by atoms with Crippen LogP contribution in [0.1, 0.15) is 46.5 Å². The minimum absolute atomic E-state index is 0.387. The maximum atomic E-state index is 11.8. The van der Waals surface area contributed by atoms with Gasteiger partial charge in [0.15, 0.2) is 0 Å². The van der Waals surface area contributed by atoms with Crippen LogP contribution >= 0.6 is 11.8 Å². The molecule has 1 aliphatic carbocycles. The van der Waals surface area contributed by atoms with E-state index in [1.807, 2.05) is 0 Å². The molecule has 0 unspecified atom stereocenters. The molecule has 0 amide bonds. The second kappa shape index (κ2) is 5.79. The van der Waals surface area contributed by atoms with E-state index in [9.17, 15) is 4.79 Å². The van der Waals surface area contributed by atoms with Crippen LogP contribution in [-0.4, -0.2) is 16.8 Å². The standard InChI is InChI=1S/C12H22OS/c1-9(2)14-8-12(13)11-6-4-10(3)5-7-11/h9-11H,4-8H2,1-3H3. The number of hydrogen-bond donors (Lipinski definition) is 0. The van der Waals surface area contributed by atoms with Crippen LogP contribution in [0.2, 0.25) is 0 Å². The summed E-state index contributed by atoms with van der Waals surface area (Å²) >= 11 is 1.78. The lowest BCUT2D eigenvalue weighted by atomic mass is 9.81. The lowest BCUT2D eigenvalue weighted by Crippen LogP contribution is -2.22. The second-order valence-electron chi connectivity index (χ2n) is 4.78. The van der Waals surface area contributed by atoms with Gasteiger partial charge in [0, 0.05) is 5.92 Å². The van der Waals surface area contributed by atoms with Gasteiger partial charge in [-0.25, -0.2) is 0 Å². The maximum absolute atomic E-state index is 11.8. The summed E-state index contributed by atoms with van der Waals surface area (Å²) < 4.78 is 0. The maximum Gasteiger partial charge on any atom is 0.145 e. The predicted molar refractivity (Wildman–Crippen MR) is 63.7 cm³/mol. The molecule has 0 spiro atoms. The lowest BCUT2D eigenvalue weighted by molar-refractivity contribution is -0.121. The Morgan fingerprint density at radius 1 is 1.29 bits per heavy atom. The highest BCUT2D eigenvalue weighted by molar-refractivity contribution is 8.00. The Morgan fingerprint density at radius 2 is 1.86 bits per heavy atom. The number of carbonyl (C=O) groups excluding carboxylic acids is 1. The predicted octanol–water partition coefficient (Wildman–Crippen LogP) is 3.52. The van der Waals surface area contributed by atoms with Crippen molar-refractivity contribution in [1.82, 2.24) is 0 Å². The fourth-order valence-electron chi connectivity index (χ4n) is 1.95. The number of ketones is 1. The Morgan fingerprint density at radius 3 is 2.36 bits per heavy atom. The molecule has 0 bridgehead atoms. The molecule has 1 saturated carbocycles. The van der Waals surface area contributed by atoms with Gasteiger partial charge in [0.1, 0.15) is 5.78 Å². The highest BCUT2D eigenvalue weighted by atomic mass is 32.2. The topological polar surface area (TPSA) is 17.1 Å². The molecule has 0 aromatic heterocycles. The van der Waals surface area contributed by atoms with E-state index in [-0.39, 0.29) is 0 Å². The van der Waals surface area contributed by atoms with Crippen molar-refractivity contribution in [3.63, 3.8) is 0 Å². The minimum Gasteiger partial charge on any atom is -0.298 e. The summed E-state index contributed by atoms with van der Waals surface area (Å²) in [6, 6.07) is 0. The van der Waals surface area contributed by atoms with Crippen molar-refractivity contribution < 1.29 is 4.79 Å². The molecule has 1 rings (SSSR count). The highest BCUT2D eigenvalue weighted by Crippen LogP contribution is 2.29. The molecule has 0 atom stereocenters. The van der Waals surface area contributed by atoms with Gasteiger partial charge in [0.25, 0.3) is 0 Å². The Bertz CT molecular complexity index is 181. The van der Waals surface area contributed by atoms with Crippen molar-refractivity contribution in [3.05, 3.63) is 0 Å². The van der Waals surface area contributed by atoms with E-state index >= 15 is 0 Å². The number of Topliss-reactive ketones (excluding diaryl/α,β-unsaturated/α-hetero) is 1. The summed E-state index contributed by atoms with van der Waals surface area (Å²) in [7, 11) is 0. The van der Waals surface area contributed by atoms with E-state index < -0.39 is 0 Å². The van der Waals surface area contributed by atoms with E-state index in [1.54, 1.807) is 11.8 Å². The quantitative estimate of drug-likeness (QED) is 0.712. The number of rotatable bonds is 4. The summed E-state index contributed by atoms with van der Waals surface area (Å²) in [6.07, 6.45) is 4.78. The molecule has 1 fully saturated rings. The second-order valence-corrected chi connectivity index (χ2v) is 6.35. The van der Waals surface area contributed by atoms with Gasteiger partial charge in [0.2, 0.25) is 0 Å². The van der Waals surface area contributed by atoms with Gasteiger partial charge in [-0.3, -0.25) is 4.79 Å². The SMILES string of the molecule is CC1CCC(C(=O)CSC(C)C)CC1. The van der Waals surface area contributed by atoms with Crippen LogP contribution in [0.15, 0.2) is 0 Å². The first kappa shape index (κ1) is 12.1. The normalized spacial score (nSPS) is 28.0. The fraction of sp³-hybridized carbons (Fsp3) is 0.917. The Hall–Kier alpha value is 0.0200. The van der Waals surface area contributed by atoms with Crippen LogP contribution in [-0.2, 0) is 4.79 Å². The molecule has 0 aliphatic heterocycles.